The van der Waals surface area contributed by atoms with Crippen LogP contribution in [0.1, 0.15) is 11.1 Å². The number of aromatic amines is 2. The predicted molar refractivity (Wildman–Crippen MR) is 164 cm³/mol. The minimum Gasteiger partial charge on any atom is -0.632 e. The normalized spacial score (nSPS) is 9.86. The van der Waals surface area contributed by atoms with Crippen LogP contribution in [0.2, 0.25) is 0 Å². The Kier molecular flexibility index (Phi) is 16.8. The SMILES string of the molecule is COC([NH-])=O.COC([NH-])=O.O=[C-]Pc1ncc(-c2ccc3cc(C#Cc4ccc5nc(P[C-]=O)[nH]c5c4)ccc3c2)[nH]1.[V+2].[V+2]. The van der Waals surface area contributed by atoms with Crippen LogP contribution in [0.5, 0.6) is 0 Å². The number of nitrogens with zero attached hydrogens (tertiary/aromatic N) is 2. The second-order valence-electron chi connectivity index (χ2n) is 7.93. The Morgan fingerprint density at radius 1 is 0.795 bits per heavy atom. The fraction of sp³-hybridized carbons (Fsp3) is 0.0714. The van der Waals surface area contributed by atoms with Crippen LogP contribution in [0, 0.1) is 11.8 Å². The summed E-state index contributed by atoms with van der Waals surface area (Å²) in [5.41, 5.74) is 18.5. The molecule has 220 valence electrons. The Labute approximate surface area is 279 Å². The molecule has 12 nitrogen and oxygen atoms in total. The average Bonchev–Trinajstić information content (AvgIpc) is 3.63. The summed E-state index contributed by atoms with van der Waals surface area (Å²) in [5, 5.41) is 2.18. The van der Waals surface area contributed by atoms with E-state index in [0.717, 1.165) is 58.4 Å². The molecule has 0 aliphatic carbocycles. The van der Waals surface area contributed by atoms with Crippen molar-refractivity contribution in [2.45, 2.75) is 0 Å². The van der Waals surface area contributed by atoms with Crippen LogP contribution in [0.4, 0.5) is 9.59 Å². The number of nitrogens with one attached hydrogen (secondary N) is 4. The predicted octanol–water partition coefficient (Wildman–Crippen LogP) is 4.85. The first-order chi connectivity index (χ1) is 20.3. The number of amides is 2. The molecular formula is C28H22N6O6P2V2. The first-order valence-electron chi connectivity index (χ1n) is 11.7. The van der Waals surface area contributed by atoms with Crippen molar-refractivity contribution in [3.63, 3.8) is 0 Å². The number of methoxy groups -OCH3 is 2. The van der Waals surface area contributed by atoms with Crippen molar-refractivity contribution >= 4 is 74.3 Å². The Bertz CT molecular complexity index is 1790. The third-order valence-electron chi connectivity index (χ3n) is 5.27. The molecule has 0 aliphatic heterocycles. The van der Waals surface area contributed by atoms with Crippen molar-refractivity contribution in [2.75, 3.05) is 14.2 Å². The van der Waals surface area contributed by atoms with Gasteiger partial charge in [0.05, 0.1) is 48.3 Å². The molecule has 4 N–H and O–H groups in total. The fourth-order valence-corrected chi connectivity index (χ4v) is 4.30. The van der Waals surface area contributed by atoms with Crippen LogP contribution < -0.4 is 11.1 Å². The van der Waals surface area contributed by atoms with Crippen LogP contribution in [0.25, 0.3) is 44.5 Å². The maximum absolute atomic E-state index is 10.6. The first-order valence-corrected chi connectivity index (χ1v) is 13.7. The summed E-state index contributed by atoms with van der Waals surface area (Å²) >= 11 is 0. The third kappa shape index (κ3) is 11.6. The Morgan fingerprint density at radius 2 is 1.34 bits per heavy atom. The molecule has 0 spiro atoms. The Hall–Kier alpha value is -3.93. The molecular weight excluding hydrogens is 680 g/mol. The molecule has 2 radical (unpaired) electrons. The van der Waals surface area contributed by atoms with Gasteiger partial charge in [-0.3, -0.25) is 9.59 Å². The van der Waals surface area contributed by atoms with Crippen molar-refractivity contribution in [1.29, 1.82) is 0 Å². The van der Waals surface area contributed by atoms with Gasteiger partial charge in [-0.15, -0.1) is 0 Å². The summed E-state index contributed by atoms with van der Waals surface area (Å²) in [6, 6.07) is 21.7. The largest absolute Gasteiger partial charge is 2.00 e. The molecule has 0 saturated carbocycles. The molecule has 0 fully saturated rings. The van der Waals surface area contributed by atoms with E-state index >= 15 is 0 Å². The van der Waals surface area contributed by atoms with E-state index < -0.39 is 12.2 Å². The van der Waals surface area contributed by atoms with Gasteiger partial charge in [-0.25, -0.2) is 22.0 Å². The molecule has 2 unspecified atom stereocenters. The molecule has 16 heteroatoms. The topological polar surface area (TPSA) is 192 Å². The van der Waals surface area contributed by atoms with E-state index in [1.165, 1.54) is 0 Å². The van der Waals surface area contributed by atoms with Crippen LogP contribution in [-0.2, 0) is 56.2 Å². The molecule has 5 aromatic rings. The van der Waals surface area contributed by atoms with Crippen LogP contribution in [-0.4, -0.2) is 58.4 Å². The molecule has 3 aromatic carbocycles. The Morgan fingerprint density at radius 3 is 1.95 bits per heavy atom. The molecule has 2 amide bonds. The zero-order valence-corrected chi connectivity index (χ0v) is 27.8. The van der Waals surface area contributed by atoms with Gasteiger partial charge in [-0.05, 0) is 47.2 Å². The van der Waals surface area contributed by atoms with Gasteiger partial charge < -0.3 is 40.5 Å². The van der Waals surface area contributed by atoms with Crippen molar-refractivity contribution in [3.05, 3.63) is 83.4 Å². The van der Waals surface area contributed by atoms with E-state index in [1.54, 1.807) is 6.20 Å². The third-order valence-corrected chi connectivity index (χ3v) is 6.44. The number of hydrogen-bond acceptors (Lipinski definition) is 8. The number of H-pyrrole nitrogens is 2. The summed E-state index contributed by atoms with van der Waals surface area (Å²) in [6.07, 6.45) is -0.257. The summed E-state index contributed by atoms with van der Waals surface area (Å²) in [7, 11) is 2.13. The quantitative estimate of drug-likeness (QED) is 0.147. The van der Waals surface area contributed by atoms with E-state index in [0.29, 0.717) is 11.1 Å². The first kappa shape index (κ1) is 38.1. The number of aromatic nitrogens is 4. The van der Waals surface area contributed by atoms with Crippen LogP contribution in [0.15, 0.2) is 60.8 Å². The molecule has 0 bridgehead atoms. The smallest absolute Gasteiger partial charge is 0.632 e. The zero-order valence-electron chi connectivity index (χ0n) is 23.0. The number of fused-ring (bicyclic) bond motifs is 2. The molecule has 2 aromatic heterocycles. The van der Waals surface area contributed by atoms with Gasteiger partial charge in [0.2, 0.25) is 12.2 Å². The second kappa shape index (κ2) is 19.4. The minimum absolute atomic E-state index is 0. The van der Waals surface area contributed by atoms with Crippen molar-refractivity contribution < 1.29 is 65.8 Å². The van der Waals surface area contributed by atoms with Crippen molar-refractivity contribution in [2.24, 2.45) is 0 Å². The zero-order chi connectivity index (χ0) is 30.5. The number of carbonyl (C=O) groups excluding carboxylic acids is 4. The van der Waals surface area contributed by atoms with E-state index in [1.807, 2.05) is 54.5 Å². The maximum Gasteiger partial charge on any atom is 2.00 e. The van der Waals surface area contributed by atoms with Crippen LogP contribution in [0.3, 0.4) is 0 Å². The summed E-state index contributed by atoms with van der Waals surface area (Å²) in [6.45, 7) is 0. The van der Waals surface area contributed by atoms with Gasteiger partial charge in [0.25, 0.3) is 0 Å². The molecule has 0 aliphatic rings. The molecule has 44 heavy (non-hydrogen) atoms. The van der Waals surface area contributed by atoms with Gasteiger partial charge in [-0.1, -0.05) is 30.0 Å². The number of ether oxygens (including phenoxy) is 2. The molecule has 5 rings (SSSR count). The van der Waals surface area contributed by atoms with Crippen LogP contribution >= 0.6 is 17.2 Å². The monoisotopic (exact) mass is 702 g/mol. The number of rotatable bonds is 5. The van der Waals surface area contributed by atoms with Gasteiger partial charge in [0, 0.05) is 16.7 Å². The van der Waals surface area contributed by atoms with E-state index in [-0.39, 0.29) is 54.3 Å². The van der Waals surface area contributed by atoms with Gasteiger partial charge >= 0.3 is 37.1 Å². The number of hydrogen-bond donors (Lipinski definition) is 2. The molecule has 2 heterocycles. The fourth-order valence-electron chi connectivity index (χ4n) is 3.41. The molecule has 2 atom stereocenters. The maximum atomic E-state index is 10.6. The Balaban J connectivity index is 0.000000705. The van der Waals surface area contributed by atoms with Crippen molar-refractivity contribution in [3.8, 4) is 23.1 Å². The van der Waals surface area contributed by atoms with E-state index in [2.05, 4.69) is 53.4 Å². The summed E-state index contributed by atoms with van der Waals surface area (Å²) in [4.78, 5) is 54.5. The number of imidazole rings is 2. The van der Waals surface area contributed by atoms with E-state index in [9.17, 15) is 19.2 Å². The average molecular weight is 702 g/mol. The van der Waals surface area contributed by atoms with E-state index in [4.69, 9.17) is 11.5 Å². The molecule has 0 saturated heterocycles. The standard InChI is InChI=1S/C24H14N4O2P2.2C2H5NO2.2V/c29-13-31-23-25-12-22(28-23)19-7-6-17-9-15(3-5-18(17)11-19)1-2-16-4-8-20-21(10-16)27-24(26-20)32-14-30;2*1-5-2(3)4;;/h3-12,31-32H,(H,25,28)(H,26,27);2*1H3,(H2,3,4);;/q-2;;;2*+2/p-2. The van der Waals surface area contributed by atoms with Gasteiger partial charge in [-0.2, -0.15) is 17.2 Å². The number of carbonyl (C=O) groups is 2. The number of benzene rings is 3. The van der Waals surface area contributed by atoms with Gasteiger partial charge in [0.15, 0.2) is 0 Å². The summed E-state index contributed by atoms with van der Waals surface area (Å²) in [5.74, 6) is 6.41. The van der Waals surface area contributed by atoms with Gasteiger partial charge in [0.1, 0.15) is 0 Å². The minimum atomic E-state index is -0.995. The van der Waals surface area contributed by atoms with Crippen molar-refractivity contribution in [1.82, 2.24) is 19.9 Å². The second-order valence-corrected chi connectivity index (χ2v) is 9.78. The summed E-state index contributed by atoms with van der Waals surface area (Å²) < 4.78 is 7.56.